The predicted octanol–water partition coefficient (Wildman–Crippen LogP) is 1.80. The second kappa shape index (κ2) is 7.01. The van der Waals surface area contributed by atoms with Gasteiger partial charge in [-0.05, 0) is 50.6 Å². The first-order chi connectivity index (χ1) is 8.58. The average molecular weight is 250 g/mol. The summed E-state index contributed by atoms with van der Waals surface area (Å²) in [5.41, 5.74) is 6.21. The fourth-order valence-corrected chi connectivity index (χ4v) is 1.51. The molecule has 0 saturated heterocycles. The Hall–Kier alpha value is -1.55. The van der Waals surface area contributed by atoms with E-state index >= 15 is 0 Å². The third kappa shape index (κ3) is 4.04. The molecule has 3 N–H and O–H groups in total. The van der Waals surface area contributed by atoms with Crippen molar-refractivity contribution in [2.24, 2.45) is 11.7 Å². The van der Waals surface area contributed by atoms with Crippen molar-refractivity contribution in [3.8, 4) is 5.75 Å². The van der Waals surface area contributed by atoms with Gasteiger partial charge in [0.2, 0.25) is 0 Å². The Morgan fingerprint density at radius 1 is 1.33 bits per heavy atom. The van der Waals surface area contributed by atoms with Gasteiger partial charge in [0.05, 0.1) is 6.61 Å². The molecule has 1 amide bonds. The van der Waals surface area contributed by atoms with Crippen LogP contribution >= 0.6 is 0 Å². The highest BCUT2D eigenvalue weighted by Gasteiger charge is 2.14. The molecule has 4 heteroatoms. The summed E-state index contributed by atoms with van der Waals surface area (Å²) in [6.45, 7) is 7.09. The Kier molecular flexibility index (Phi) is 5.65. The third-order valence-corrected chi connectivity index (χ3v) is 3.01. The lowest BCUT2D eigenvalue weighted by Crippen LogP contribution is -2.39. The molecule has 0 aromatic heterocycles. The maximum atomic E-state index is 12.0. The lowest BCUT2D eigenvalue weighted by atomic mass is 10.0. The summed E-state index contributed by atoms with van der Waals surface area (Å²) in [5, 5.41) is 2.94. The van der Waals surface area contributed by atoms with E-state index < -0.39 is 0 Å². The average Bonchev–Trinajstić information content (AvgIpc) is 2.38. The van der Waals surface area contributed by atoms with E-state index in [2.05, 4.69) is 5.32 Å². The van der Waals surface area contributed by atoms with Crippen LogP contribution in [0.4, 0.5) is 0 Å². The quantitative estimate of drug-likeness (QED) is 0.809. The first-order valence-corrected chi connectivity index (χ1v) is 6.32. The summed E-state index contributed by atoms with van der Waals surface area (Å²) in [7, 11) is 0. The smallest absolute Gasteiger partial charge is 0.251 e. The zero-order valence-electron chi connectivity index (χ0n) is 11.3. The molecular weight excluding hydrogens is 228 g/mol. The van der Waals surface area contributed by atoms with Gasteiger partial charge in [-0.1, -0.05) is 6.92 Å². The topological polar surface area (TPSA) is 64.3 Å². The van der Waals surface area contributed by atoms with Crippen LogP contribution in [0.3, 0.4) is 0 Å². The SMILES string of the molecule is CCOc1ccc(C(=O)NC(C)C(C)CN)cc1. The van der Waals surface area contributed by atoms with Crippen molar-refractivity contribution >= 4 is 5.91 Å². The van der Waals surface area contributed by atoms with Gasteiger partial charge >= 0.3 is 0 Å². The van der Waals surface area contributed by atoms with Gasteiger partial charge in [0, 0.05) is 11.6 Å². The van der Waals surface area contributed by atoms with Crippen molar-refractivity contribution in [2.45, 2.75) is 26.8 Å². The van der Waals surface area contributed by atoms with Crippen LogP contribution in [0.5, 0.6) is 5.75 Å². The molecule has 0 fully saturated rings. The predicted molar refractivity (Wildman–Crippen MR) is 72.8 cm³/mol. The summed E-state index contributed by atoms with van der Waals surface area (Å²) in [4.78, 5) is 12.0. The third-order valence-electron chi connectivity index (χ3n) is 3.01. The molecule has 1 rings (SSSR count). The van der Waals surface area contributed by atoms with Crippen LogP contribution < -0.4 is 15.8 Å². The number of hydrogen-bond donors (Lipinski definition) is 2. The number of nitrogens with two attached hydrogens (primary N) is 1. The van der Waals surface area contributed by atoms with E-state index in [0.29, 0.717) is 18.7 Å². The van der Waals surface area contributed by atoms with Crippen LogP contribution in [-0.2, 0) is 0 Å². The molecule has 2 atom stereocenters. The van der Waals surface area contributed by atoms with Crippen molar-refractivity contribution in [1.29, 1.82) is 0 Å². The Morgan fingerprint density at radius 2 is 1.94 bits per heavy atom. The van der Waals surface area contributed by atoms with Crippen molar-refractivity contribution in [2.75, 3.05) is 13.2 Å². The molecule has 4 nitrogen and oxygen atoms in total. The molecule has 100 valence electrons. The maximum absolute atomic E-state index is 12.0. The molecule has 0 aliphatic rings. The Morgan fingerprint density at radius 3 is 2.44 bits per heavy atom. The van der Waals surface area contributed by atoms with Crippen molar-refractivity contribution in [3.63, 3.8) is 0 Å². The lowest BCUT2D eigenvalue weighted by Gasteiger charge is -2.19. The Labute approximate surface area is 109 Å². The highest BCUT2D eigenvalue weighted by atomic mass is 16.5. The van der Waals surface area contributed by atoms with Gasteiger partial charge in [0.25, 0.3) is 5.91 Å². The van der Waals surface area contributed by atoms with E-state index in [1.54, 1.807) is 24.3 Å². The first-order valence-electron chi connectivity index (χ1n) is 6.32. The van der Waals surface area contributed by atoms with Crippen molar-refractivity contribution in [1.82, 2.24) is 5.32 Å². The second-order valence-electron chi connectivity index (χ2n) is 4.43. The van der Waals surface area contributed by atoms with Gasteiger partial charge in [-0.3, -0.25) is 4.79 Å². The number of rotatable bonds is 6. The molecule has 0 saturated carbocycles. The zero-order valence-corrected chi connectivity index (χ0v) is 11.3. The highest BCUT2D eigenvalue weighted by molar-refractivity contribution is 5.94. The van der Waals surface area contributed by atoms with Crippen molar-refractivity contribution < 1.29 is 9.53 Å². The number of carbonyl (C=O) groups is 1. The molecular formula is C14H22N2O2. The minimum absolute atomic E-state index is 0.0640. The molecule has 0 spiro atoms. The number of amides is 1. The van der Waals surface area contributed by atoms with Crippen LogP contribution in [0, 0.1) is 5.92 Å². The summed E-state index contributed by atoms with van der Waals surface area (Å²) in [6.07, 6.45) is 0. The number of nitrogens with one attached hydrogen (secondary N) is 1. The highest BCUT2D eigenvalue weighted by Crippen LogP contribution is 2.12. The minimum atomic E-state index is -0.0779. The summed E-state index contributed by atoms with van der Waals surface area (Å²) in [6, 6.07) is 7.19. The molecule has 0 heterocycles. The van der Waals surface area contributed by atoms with Crippen LogP contribution in [-0.4, -0.2) is 25.1 Å². The zero-order chi connectivity index (χ0) is 13.5. The fourth-order valence-electron chi connectivity index (χ4n) is 1.51. The number of hydrogen-bond acceptors (Lipinski definition) is 3. The number of benzene rings is 1. The van der Waals surface area contributed by atoms with E-state index in [-0.39, 0.29) is 17.9 Å². The fraction of sp³-hybridized carbons (Fsp3) is 0.500. The molecule has 18 heavy (non-hydrogen) atoms. The van der Waals surface area contributed by atoms with Gasteiger partial charge in [0.1, 0.15) is 5.75 Å². The molecule has 1 aromatic carbocycles. The van der Waals surface area contributed by atoms with E-state index in [1.165, 1.54) is 0 Å². The second-order valence-corrected chi connectivity index (χ2v) is 4.43. The summed E-state index contributed by atoms with van der Waals surface area (Å²) >= 11 is 0. The van der Waals surface area contributed by atoms with Gasteiger partial charge in [-0.2, -0.15) is 0 Å². The van der Waals surface area contributed by atoms with E-state index in [0.717, 1.165) is 5.75 Å². The van der Waals surface area contributed by atoms with Crippen LogP contribution in [0.25, 0.3) is 0 Å². The molecule has 0 aliphatic heterocycles. The van der Waals surface area contributed by atoms with Crippen LogP contribution in [0.2, 0.25) is 0 Å². The van der Waals surface area contributed by atoms with Crippen LogP contribution in [0.15, 0.2) is 24.3 Å². The molecule has 0 aliphatic carbocycles. The summed E-state index contributed by atoms with van der Waals surface area (Å²) < 4.78 is 5.33. The van der Waals surface area contributed by atoms with E-state index in [1.807, 2.05) is 20.8 Å². The Balaban J connectivity index is 2.61. The van der Waals surface area contributed by atoms with E-state index in [4.69, 9.17) is 10.5 Å². The largest absolute Gasteiger partial charge is 0.494 e. The van der Waals surface area contributed by atoms with Gasteiger partial charge in [-0.25, -0.2) is 0 Å². The van der Waals surface area contributed by atoms with Gasteiger partial charge in [0.15, 0.2) is 0 Å². The molecule has 2 unspecified atom stereocenters. The molecule has 0 radical (unpaired) electrons. The minimum Gasteiger partial charge on any atom is -0.494 e. The normalized spacial score (nSPS) is 13.8. The summed E-state index contributed by atoms with van der Waals surface area (Å²) in [5.74, 6) is 0.958. The number of carbonyl (C=O) groups excluding carboxylic acids is 1. The maximum Gasteiger partial charge on any atom is 0.251 e. The monoisotopic (exact) mass is 250 g/mol. The van der Waals surface area contributed by atoms with Crippen molar-refractivity contribution in [3.05, 3.63) is 29.8 Å². The first kappa shape index (κ1) is 14.5. The molecule has 0 bridgehead atoms. The lowest BCUT2D eigenvalue weighted by molar-refractivity contribution is 0.0929. The molecule has 1 aromatic rings. The standard InChI is InChI=1S/C14H22N2O2/c1-4-18-13-7-5-12(6-8-13)14(17)16-11(3)10(2)9-15/h5-8,10-11H,4,9,15H2,1-3H3,(H,16,17). The van der Waals surface area contributed by atoms with Gasteiger partial charge in [-0.15, -0.1) is 0 Å². The Bertz CT molecular complexity index is 376. The van der Waals surface area contributed by atoms with Crippen LogP contribution in [0.1, 0.15) is 31.1 Å². The van der Waals surface area contributed by atoms with E-state index in [9.17, 15) is 4.79 Å². The number of ether oxygens (including phenoxy) is 1. The van der Waals surface area contributed by atoms with Gasteiger partial charge < -0.3 is 15.8 Å².